The summed E-state index contributed by atoms with van der Waals surface area (Å²) in [7, 11) is 0. The molecule has 0 saturated heterocycles. The van der Waals surface area contributed by atoms with Crippen molar-refractivity contribution in [3.63, 3.8) is 0 Å². The molecule has 8 heteroatoms. The van der Waals surface area contributed by atoms with E-state index in [2.05, 4.69) is 16.4 Å². The molecule has 3 amide bonds. The number of amides is 3. The number of nitrogens with one attached hydrogen (secondary N) is 2. The number of nitrogens with zero attached hydrogens (tertiary/aromatic N) is 1. The fraction of sp³-hybridized carbons (Fsp3) is 0.0556. The van der Waals surface area contributed by atoms with E-state index in [1.807, 2.05) is 5.32 Å². The lowest BCUT2D eigenvalue weighted by atomic mass is 10.2. The maximum Gasteiger partial charge on any atom is 0.326 e. The van der Waals surface area contributed by atoms with Gasteiger partial charge in [-0.15, -0.1) is 6.42 Å². The van der Waals surface area contributed by atoms with E-state index in [0.29, 0.717) is 11.3 Å². The van der Waals surface area contributed by atoms with Gasteiger partial charge in [-0.25, -0.2) is 13.6 Å². The molecule has 0 radical (unpaired) electrons. The van der Waals surface area contributed by atoms with E-state index >= 15 is 0 Å². The minimum Gasteiger partial charge on any atom is -0.383 e. The van der Waals surface area contributed by atoms with Crippen LogP contribution in [0.15, 0.2) is 47.6 Å². The summed E-state index contributed by atoms with van der Waals surface area (Å²) >= 11 is 0. The number of rotatable bonds is 5. The fourth-order valence-electron chi connectivity index (χ4n) is 1.87. The van der Waals surface area contributed by atoms with E-state index in [0.717, 1.165) is 18.2 Å². The third-order valence-corrected chi connectivity index (χ3v) is 3.01. The first-order valence-corrected chi connectivity index (χ1v) is 7.26. The van der Waals surface area contributed by atoms with Crippen LogP contribution in [0.2, 0.25) is 0 Å². The van der Waals surface area contributed by atoms with Crippen molar-refractivity contribution in [1.82, 2.24) is 5.32 Å². The molecule has 0 aliphatic rings. The maximum atomic E-state index is 13.5. The van der Waals surface area contributed by atoms with Crippen LogP contribution in [0.1, 0.15) is 15.9 Å². The van der Waals surface area contributed by atoms with Crippen LogP contribution < -0.4 is 10.6 Å². The Labute approximate surface area is 147 Å². The van der Waals surface area contributed by atoms with E-state index in [-0.39, 0.29) is 6.61 Å². The lowest BCUT2D eigenvalue weighted by Gasteiger charge is -2.08. The highest BCUT2D eigenvalue weighted by Crippen LogP contribution is 2.12. The second kappa shape index (κ2) is 8.94. The molecular weight excluding hydrogens is 344 g/mol. The van der Waals surface area contributed by atoms with Gasteiger partial charge in [-0.3, -0.25) is 10.1 Å². The second-order valence-corrected chi connectivity index (χ2v) is 4.84. The molecule has 2 aromatic rings. The van der Waals surface area contributed by atoms with Gasteiger partial charge in [0.2, 0.25) is 0 Å². The highest BCUT2D eigenvalue weighted by molar-refractivity contribution is 6.08. The van der Waals surface area contributed by atoms with Gasteiger partial charge < -0.3 is 10.2 Å². The molecule has 26 heavy (non-hydrogen) atoms. The monoisotopic (exact) mass is 357 g/mol. The van der Waals surface area contributed by atoms with Crippen LogP contribution in [-0.4, -0.2) is 24.8 Å². The number of imide groups is 1. The standard InChI is InChI=1S/C18H13F2N3O3/c1-2-10-26-21-11-12-6-8-13(9-7-12)22-18(25)23-17(24)16-14(19)4-3-5-15(16)20/h1,3-9,11H,10H2,(H2,22,23,24,25)/b21-11+. The van der Waals surface area contributed by atoms with Crippen LogP contribution in [0.25, 0.3) is 0 Å². The summed E-state index contributed by atoms with van der Waals surface area (Å²) in [6, 6.07) is 8.34. The molecule has 0 aliphatic heterocycles. The minimum atomic E-state index is -1.19. The van der Waals surface area contributed by atoms with Crippen LogP contribution >= 0.6 is 0 Å². The van der Waals surface area contributed by atoms with Gasteiger partial charge in [0.05, 0.1) is 6.21 Å². The van der Waals surface area contributed by atoms with Crippen molar-refractivity contribution >= 4 is 23.8 Å². The Hall–Kier alpha value is -3.73. The average molecular weight is 357 g/mol. The van der Waals surface area contributed by atoms with Crippen LogP contribution in [0.4, 0.5) is 19.3 Å². The number of hydrogen-bond donors (Lipinski definition) is 2. The van der Waals surface area contributed by atoms with Gasteiger partial charge in [0.25, 0.3) is 5.91 Å². The van der Waals surface area contributed by atoms with Crippen molar-refractivity contribution in [2.45, 2.75) is 0 Å². The predicted octanol–water partition coefficient (Wildman–Crippen LogP) is 2.91. The van der Waals surface area contributed by atoms with E-state index in [1.165, 1.54) is 18.3 Å². The van der Waals surface area contributed by atoms with Crippen LogP contribution in [0.5, 0.6) is 0 Å². The fourth-order valence-corrected chi connectivity index (χ4v) is 1.87. The summed E-state index contributed by atoms with van der Waals surface area (Å²) in [5.41, 5.74) is 0.199. The maximum absolute atomic E-state index is 13.5. The summed E-state index contributed by atoms with van der Waals surface area (Å²) in [5.74, 6) is -1.06. The van der Waals surface area contributed by atoms with Crippen molar-refractivity contribution in [2.75, 3.05) is 11.9 Å². The number of halogens is 2. The largest absolute Gasteiger partial charge is 0.383 e. The molecule has 0 unspecified atom stereocenters. The molecule has 0 spiro atoms. The summed E-state index contributed by atoms with van der Waals surface area (Å²) in [5, 5.41) is 7.85. The van der Waals surface area contributed by atoms with E-state index in [9.17, 15) is 18.4 Å². The Kier molecular flexibility index (Phi) is 6.40. The zero-order valence-electron chi connectivity index (χ0n) is 13.3. The van der Waals surface area contributed by atoms with Crippen LogP contribution in [-0.2, 0) is 4.84 Å². The Morgan fingerprint density at radius 1 is 1.15 bits per heavy atom. The summed E-state index contributed by atoms with van der Waals surface area (Å²) in [6.45, 7) is 0.0486. The smallest absolute Gasteiger partial charge is 0.326 e. The zero-order chi connectivity index (χ0) is 18.9. The van der Waals surface area contributed by atoms with Crippen molar-refractivity contribution < 1.29 is 23.2 Å². The SMILES string of the molecule is C#CCO/N=C/c1ccc(NC(=O)NC(=O)c2c(F)cccc2F)cc1. The van der Waals surface area contributed by atoms with Gasteiger partial charge in [-0.2, -0.15) is 0 Å². The van der Waals surface area contributed by atoms with Crippen molar-refractivity contribution in [3.8, 4) is 12.3 Å². The predicted molar refractivity (Wildman–Crippen MR) is 91.7 cm³/mol. The topological polar surface area (TPSA) is 79.8 Å². The Morgan fingerprint density at radius 2 is 1.81 bits per heavy atom. The molecule has 2 aromatic carbocycles. The molecule has 0 aromatic heterocycles. The first-order chi connectivity index (χ1) is 12.5. The lowest BCUT2D eigenvalue weighted by molar-refractivity contribution is 0.0959. The van der Waals surface area contributed by atoms with E-state index in [1.54, 1.807) is 12.1 Å². The molecule has 0 bridgehead atoms. The van der Waals surface area contributed by atoms with Gasteiger partial charge in [0, 0.05) is 5.69 Å². The first-order valence-electron chi connectivity index (χ1n) is 7.26. The molecule has 2 rings (SSSR count). The molecule has 6 nitrogen and oxygen atoms in total. The number of anilines is 1. The van der Waals surface area contributed by atoms with Crippen molar-refractivity contribution in [1.29, 1.82) is 0 Å². The molecule has 2 N–H and O–H groups in total. The number of oxime groups is 1. The van der Waals surface area contributed by atoms with Gasteiger partial charge >= 0.3 is 6.03 Å². The first kappa shape index (κ1) is 18.6. The van der Waals surface area contributed by atoms with Gasteiger partial charge in [0.15, 0.2) is 6.61 Å². The summed E-state index contributed by atoms with van der Waals surface area (Å²) in [6.07, 6.45) is 6.42. The van der Waals surface area contributed by atoms with E-state index in [4.69, 9.17) is 11.3 Å². The van der Waals surface area contributed by atoms with Crippen molar-refractivity contribution in [2.24, 2.45) is 5.16 Å². The van der Waals surface area contributed by atoms with Gasteiger partial charge in [-0.05, 0) is 29.8 Å². The molecule has 0 heterocycles. The minimum absolute atomic E-state index is 0.0486. The normalized spacial score (nSPS) is 10.2. The molecule has 0 saturated carbocycles. The lowest BCUT2D eigenvalue weighted by Crippen LogP contribution is -2.35. The third-order valence-electron chi connectivity index (χ3n) is 3.01. The highest BCUT2D eigenvalue weighted by Gasteiger charge is 2.19. The average Bonchev–Trinajstić information content (AvgIpc) is 2.60. The number of benzene rings is 2. The quantitative estimate of drug-likeness (QED) is 0.374. The molecule has 0 fully saturated rings. The third kappa shape index (κ3) is 5.14. The zero-order valence-corrected chi connectivity index (χ0v) is 13.3. The summed E-state index contributed by atoms with van der Waals surface area (Å²) in [4.78, 5) is 28.4. The number of carbonyl (C=O) groups is 2. The summed E-state index contributed by atoms with van der Waals surface area (Å²) < 4.78 is 27.0. The second-order valence-electron chi connectivity index (χ2n) is 4.84. The molecular formula is C18H13F2N3O3. The van der Waals surface area contributed by atoms with Crippen molar-refractivity contribution in [3.05, 3.63) is 65.2 Å². The number of carbonyl (C=O) groups excluding carboxylic acids is 2. The number of urea groups is 1. The molecule has 0 aliphatic carbocycles. The number of terminal acetylenes is 1. The Morgan fingerprint density at radius 3 is 2.42 bits per heavy atom. The highest BCUT2D eigenvalue weighted by atomic mass is 19.1. The van der Waals surface area contributed by atoms with E-state index < -0.39 is 29.1 Å². The van der Waals surface area contributed by atoms with Gasteiger partial charge in [0.1, 0.15) is 17.2 Å². The van der Waals surface area contributed by atoms with Crippen LogP contribution in [0, 0.1) is 24.0 Å². The Bertz CT molecular complexity index is 854. The molecule has 0 atom stereocenters. The Balaban J connectivity index is 1.94. The molecule has 132 valence electrons. The van der Waals surface area contributed by atoms with Gasteiger partial charge in [-0.1, -0.05) is 29.3 Å². The van der Waals surface area contributed by atoms with Crippen LogP contribution in [0.3, 0.4) is 0 Å². The number of hydrogen-bond acceptors (Lipinski definition) is 4.